The first-order chi connectivity index (χ1) is 6.56. The first kappa shape index (κ1) is 12.3. The van der Waals surface area contributed by atoms with Gasteiger partial charge in [0.15, 0.2) is 0 Å². The van der Waals surface area contributed by atoms with Crippen molar-refractivity contribution in [2.24, 2.45) is 0 Å². The highest BCUT2D eigenvalue weighted by atomic mass is 79.9. The van der Waals surface area contributed by atoms with E-state index < -0.39 is 12.2 Å². The largest absolute Gasteiger partial charge is 0.389 e. The van der Waals surface area contributed by atoms with E-state index in [1.54, 1.807) is 6.07 Å². The molecule has 3 nitrogen and oxygen atoms in total. The summed E-state index contributed by atoms with van der Waals surface area (Å²) in [4.78, 5) is 3.84. The summed E-state index contributed by atoms with van der Waals surface area (Å²) in [5, 5.41) is 19.2. The highest BCUT2D eigenvalue weighted by Gasteiger charge is 2.20. The molecule has 0 spiro atoms. The van der Waals surface area contributed by atoms with Gasteiger partial charge in [0, 0.05) is 22.0 Å². The maximum Gasteiger partial charge on any atom is 0.134 e. The normalized spacial score (nSPS) is 15.2. The van der Waals surface area contributed by atoms with Crippen LogP contribution in [0.2, 0.25) is 5.15 Å². The molecule has 0 saturated heterocycles. The maximum atomic E-state index is 9.65. The van der Waals surface area contributed by atoms with Crippen molar-refractivity contribution in [2.75, 3.05) is 5.75 Å². The smallest absolute Gasteiger partial charge is 0.134 e. The summed E-state index contributed by atoms with van der Waals surface area (Å²) in [6.45, 7) is 0. The van der Waals surface area contributed by atoms with Crippen LogP contribution in [0, 0.1) is 0 Å². The second kappa shape index (κ2) is 5.32. The van der Waals surface area contributed by atoms with Crippen LogP contribution in [0.5, 0.6) is 0 Å². The van der Waals surface area contributed by atoms with E-state index in [1.165, 1.54) is 6.20 Å². The molecule has 0 amide bonds. The van der Waals surface area contributed by atoms with Crippen LogP contribution in [-0.4, -0.2) is 27.1 Å². The number of nitrogens with zero attached hydrogens (tertiary/aromatic N) is 1. The molecule has 0 bridgehead atoms. The molecule has 0 fully saturated rings. The third kappa shape index (κ3) is 2.84. The van der Waals surface area contributed by atoms with E-state index in [9.17, 15) is 10.2 Å². The molecule has 2 unspecified atom stereocenters. The molecule has 2 N–H and O–H groups in total. The van der Waals surface area contributed by atoms with Crippen molar-refractivity contribution in [1.29, 1.82) is 0 Å². The molecular weight excluding hydrogens is 290 g/mol. The first-order valence-electron chi connectivity index (χ1n) is 3.84. The molecule has 6 heteroatoms. The highest BCUT2D eigenvalue weighted by Crippen LogP contribution is 2.26. The van der Waals surface area contributed by atoms with Gasteiger partial charge in [0.25, 0.3) is 0 Å². The Morgan fingerprint density at radius 3 is 2.79 bits per heavy atom. The number of thiol groups is 1. The Morgan fingerprint density at radius 2 is 2.21 bits per heavy atom. The summed E-state index contributed by atoms with van der Waals surface area (Å²) < 4.78 is 0.697. The van der Waals surface area contributed by atoms with E-state index in [0.29, 0.717) is 10.0 Å². The third-order valence-corrected chi connectivity index (χ3v) is 2.83. The topological polar surface area (TPSA) is 53.4 Å². The second-order valence-electron chi connectivity index (χ2n) is 2.73. The van der Waals surface area contributed by atoms with Crippen molar-refractivity contribution in [3.63, 3.8) is 0 Å². The predicted octanol–water partition coefficient (Wildman–Crippen LogP) is 1.82. The second-order valence-corrected chi connectivity index (χ2v) is 4.37. The van der Waals surface area contributed by atoms with Crippen LogP contribution in [0.4, 0.5) is 0 Å². The van der Waals surface area contributed by atoms with Gasteiger partial charge in [-0.25, -0.2) is 4.98 Å². The SMILES string of the molecule is OC(CS)C(O)c1cc(Br)cnc1Cl. The molecule has 1 aromatic heterocycles. The van der Waals surface area contributed by atoms with Crippen molar-refractivity contribution < 1.29 is 10.2 Å². The molecule has 1 aromatic rings. The van der Waals surface area contributed by atoms with Crippen LogP contribution >= 0.6 is 40.2 Å². The van der Waals surface area contributed by atoms with Crippen molar-refractivity contribution >= 4 is 40.2 Å². The van der Waals surface area contributed by atoms with Gasteiger partial charge in [-0.3, -0.25) is 0 Å². The fourth-order valence-electron chi connectivity index (χ4n) is 0.953. The van der Waals surface area contributed by atoms with Gasteiger partial charge in [-0.15, -0.1) is 0 Å². The van der Waals surface area contributed by atoms with Crippen LogP contribution < -0.4 is 0 Å². The molecule has 0 aliphatic carbocycles. The van der Waals surface area contributed by atoms with E-state index in [1.807, 2.05) is 0 Å². The standard InChI is InChI=1S/C8H9BrClNO2S/c9-4-1-5(8(10)11-2-4)7(13)6(12)3-14/h1-2,6-7,12-14H,3H2. The van der Waals surface area contributed by atoms with E-state index in [2.05, 4.69) is 33.5 Å². The molecule has 2 atom stereocenters. The van der Waals surface area contributed by atoms with Crippen LogP contribution in [0.15, 0.2) is 16.7 Å². The summed E-state index contributed by atoms with van der Waals surface area (Å²) >= 11 is 12.8. The fraction of sp³-hybridized carbons (Fsp3) is 0.375. The molecule has 0 radical (unpaired) electrons. The minimum atomic E-state index is -1.06. The maximum absolute atomic E-state index is 9.65. The number of hydrogen-bond donors (Lipinski definition) is 3. The van der Waals surface area contributed by atoms with Crippen molar-refractivity contribution in [3.05, 3.63) is 27.5 Å². The summed E-state index contributed by atoms with van der Waals surface area (Å²) in [5.41, 5.74) is 0.391. The Hall–Kier alpha value is 0.190. The molecule has 0 aliphatic heterocycles. The number of rotatable bonds is 3. The summed E-state index contributed by atoms with van der Waals surface area (Å²) in [7, 11) is 0. The van der Waals surface area contributed by atoms with E-state index in [0.717, 1.165) is 0 Å². The van der Waals surface area contributed by atoms with Gasteiger partial charge in [0.2, 0.25) is 0 Å². The molecule has 0 aliphatic rings. The monoisotopic (exact) mass is 297 g/mol. The quantitative estimate of drug-likeness (QED) is 0.589. The first-order valence-corrected chi connectivity index (χ1v) is 5.64. The van der Waals surface area contributed by atoms with Gasteiger partial charge < -0.3 is 10.2 Å². The van der Waals surface area contributed by atoms with Gasteiger partial charge in [0.05, 0.1) is 6.10 Å². The van der Waals surface area contributed by atoms with Gasteiger partial charge >= 0.3 is 0 Å². The van der Waals surface area contributed by atoms with Crippen molar-refractivity contribution in [2.45, 2.75) is 12.2 Å². The third-order valence-electron chi connectivity index (χ3n) is 1.70. The predicted molar refractivity (Wildman–Crippen MR) is 61.8 cm³/mol. The zero-order valence-electron chi connectivity index (χ0n) is 7.06. The summed E-state index contributed by atoms with van der Waals surface area (Å²) in [6, 6.07) is 1.62. The Bertz CT molecular complexity index is 326. The average Bonchev–Trinajstić information content (AvgIpc) is 2.19. The molecule has 1 rings (SSSR count). The Kier molecular flexibility index (Phi) is 4.66. The van der Waals surface area contributed by atoms with E-state index >= 15 is 0 Å². The zero-order chi connectivity index (χ0) is 10.7. The lowest BCUT2D eigenvalue weighted by Gasteiger charge is -2.16. The molecule has 0 saturated carbocycles. The Morgan fingerprint density at radius 1 is 1.57 bits per heavy atom. The highest BCUT2D eigenvalue weighted by molar-refractivity contribution is 9.10. The number of hydrogen-bond acceptors (Lipinski definition) is 4. The minimum absolute atomic E-state index is 0.157. The number of pyridine rings is 1. The number of aliphatic hydroxyl groups excluding tert-OH is 2. The molecule has 78 valence electrons. The summed E-state index contributed by atoms with van der Waals surface area (Å²) in [5.74, 6) is 0.157. The van der Waals surface area contributed by atoms with Gasteiger partial charge in [-0.05, 0) is 22.0 Å². The number of halogens is 2. The van der Waals surface area contributed by atoms with Crippen LogP contribution in [0.25, 0.3) is 0 Å². The molecule has 1 heterocycles. The van der Waals surface area contributed by atoms with E-state index in [4.69, 9.17) is 11.6 Å². The molecular formula is C8H9BrClNO2S. The summed E-state index contributed by atoms with van der Waals surface area (Å²) in [6.07, 6.45) is -0.497. The van der Waals surface area contributed by atoms with Crippen LogP contribution in [-0.2, 0) is 0 Å². The molecule has 14 heavy (non-hydrogen) atoms. The molecule has 0 aromatic carbocycles. The zero-order valence-corrected chi connectivity index (χ0v) is 10.3. The number of aromatic nitrogens is 1. The van der Waals surface area contributed by atoms with Crippen LogP contribution in [0.1, 0.15) is 11.7 Å². The van der Waals surface area contributed by atoms with Crippen LogP contribution in [0.3, 0.4) is 0 Å². The lowest BCUT2D eigenvalue weighted by atomic mass is 10.1. The average molecular weight is 299 g/mol. The fourth-order valence-corrected chi connectivity index (χ4v) is 1.72. The van der Waals surface area contributed by atoms with Gasteiger partial charge in [-0.1, -0.05) is 11.6 Å². The van der Waals surface area contributed by atoms with E-state index in [-0.39, 0.29) is 10.9 Å². The minimum Gasteiger partial charge on any atom is -0.389 e. The Labute approximate surface area is 101 Å². The van der Waals surface area contributed by atoms with Crippen molar-refractivity contribution in [1.82, 2.24) is 4.98 Å². The van der Waals surface area contributed by atoms with Gasteiger partial charge in [0.1, 0.15) is 11.3 Å². The van der Waals surface area contributed by atoms with Gasteiger partial charge in [-0.2, -0.15) is 12.6 Å². The lowest BCUT2D eigenvalue weighted by Crippen LogP contribution is -2.20. The lowest BCUT2D eigenvalue weighted by molar-refractivity contribution is 0.0336. The Balaban J connectivity index is 2.99. The van der Waals surface area contributed by atoms with Crippen molar-refractivity contribution in [3.8, 4) is 0 Å². The number of aliphatic hydroxyl groups is 2.